The second-order valence-corrected chi connectivity index (χ2v) is 9.10. The number of benzene rings is 2. The number of imide groups is 1. The average Bonchev–Trinajstić information content (AvgIpc) is 3.56. The lowest BCUT2D eigenvalue weighted by molar-refractivity contribution is -0.142. The maximum Gasteiger partial charge on any atom is 0.271 e. The van der Waals surface area contributed by atoms with E-state index in [2.05, 4.69) is 0 Å². The van der Waals surface area contributed by atoms with Crippen molar-refractivity contribution in [3.8, 4) is 23.0 Å². The van der Waals surface area contributed by atoms with Crippen LogP contribution in [0.5, 0.6) is 0 Å². The number of amides is 2. The van der Waals surface area contributed by atoms with Gasteiger partial charge in [0.2, 0.25) is 0 Å². The Morgan fingerprint density at radius 3 is 2.50 bits per heavy atom. The Morgan fingerprint density at radius 2 is 1.83 bits per heavy atom. The molecule has 36 heavy (non-hydrogen) atoms. The van der Waals surface area contributed by atoms with Crippen molar-refractivity contribution in [1.29, 1.82) is 5.26 Å². The minimum Gasteiger partial charge on any atom is -0.376 e. The van der Waals surface area contributed by atoms with E-state index >= 15 is 0 Å². The second-order valence-electron chi connectivity index (χ2n) is 9.10. The Bertz CT molecular complexity index is 1420. The Morgan fingerprint density at radius 1 is 1.08 bits per heavy atom. The number of nitrogens with zero attached hydrogens (tertiary/aromatic N) is 4. The molecule has 0 radical (unpaired) electrons. The topological polar surface area (TPSA) is 88.2 Å². The molecule has 3 heterocycles. The van der Waals surface area contributed by atoms with Gasteiger partial charge >= 0.3 is 0 Å². The summed E-state index contributed by atoms with van der Waals surface area (Å²) >= 11 is 0. The Balaban J connectivity index is 1.63. The summed E-state index contributed by atoms with van der Waals surface area (Å²) in [5, 5.41) is 14.6. The van der Waals surface area contributed by atoms with Crippen LogP contribution in [0.4, 0.5) is 0 Å². The van der Waals surface area contributed by atoms with Crippen molar-refractivity contribution < 1.29 is 14.3 Å². The summed E-state index contributed by atoms with van der Waals surface area (Å²) < 4.78 is 7.43. The van der Waals surface area contributed by atoms with E-state index in [0.29, 0.717) is 29.0 Å². The van der Waals surface area contributed by atoms with Crippen molar-refractivity contribution in [1.82, 2.24) is 14.7 Å². The minimum absolute atomic E-state index is 0.0221. The van der Waals surface area contributed by atoms with Gasteiger partial charge in [-0.2, -0.15) is 10.4 Å². The van der Waals surface area contributed by atoms with Gasteiger partial charge in [0.15, 0.2) is 0 Å². The van der Waals surface area contributed by atoms with Gasteiger partial charge in [-0.1, -0.05) is 48.0 Å². The quantitative estimate of drug-likeness (QED) is 0.394. The van der Waals surface area contributed by atoms with Crippen molar-refractivity contribution in [2.45, 2.75) is 32.8 Å². The summed E-state index contributed by atoms with van der Waals surface area (Å²) in [7, 11) is 0. The molecule has 1 fully saturated rings. The van der Waals surface area contributed by atoms with Gasteiger partial charge in [-0.3, -0.25) is 14.5 Å². The van der Waals surface area contributed by atoms with Crippen molar-refractivity contribution >= 4 is 17.9 Å². The molecule has 0 saturated carbocycles. The van der Waals surface area contributed by atoms with Gasteiger partial charge in [0, 0.05) is 29.5 Å². The second kappa shape index (κ2) is 9.76. The summed E-state index contributed by atoms with van der Waals surface area (Å²) in [6, 6.07) is 19.7. The first-order valence-corrected chi connectivity index (χ1v) is 12.0. The van der Waals surface area contributed by atoms with E-state index in [-0.39, 0.29) is 18.2 Å². The molecular formula is C29H26N4O3. The minimum atomic E-state index is -0.564. The van der Waals surface area contributed by atoms with Gasteiger partial charge in [-0.15, -0.1) is 0 Å². The van der Waals surface area contributed by atoms with Crippen LogP contribution < -0.4 is 0 Å². The van der Waals surface area contributed by atoms with Crippen LogP contribution in [0, 0.1) is 18.3 Å². The van der Waals surface area contributed by atoms with Crippen LogP contribution >= 0.6 is 0 Å². The zero-order valence-electron chi connectivity index (χ0n) is 20.3. The number of rotatable bonds is 5. The monoisotopic (exact) mass is 478 g/mol. The third-order valence-corrected chi connectivity index (χ3v) is 6.62. The number of carbonyl (C=O) groups is 2. The molecule has 7 heteroatoms. The lowest BCUT2D eigenvalue weighted by atomic mass is 9.93. The van der Waals surface area contributed by atoms with E-state index in [0.717, 1.165) is 34.6 Å². The average molecular weight is 479 g/mol. The standard InChI is InChI=1S/C29H26N4O3/c1-19-10-12-21(13-11-19)27-22(17-33(31-27)23-7-4-3-5-8-23)15-25-20(2)26(16-30)29(35)32(28(25)34)18-24-9-6-14-36-24/h3-5,7-8,10-13,15,17,24H,6,9,14,18H2,1-2H3. The van der Waals surface area contributed by atoms with E-state index in [9.17, 15) is 14.9 Å². The maximum atomic E-state index is 13.6. The number of hydrogen-bond acceptors (Lipinski definition) is 5. The lowest BCUT2D eigenvalue weighted by Gasteiger charge is -2.29. The zero-order valence-corrected chi connectivity index (χ0v) is 20.3. The van der Waals surface area contributed by atoms with Crippen molar-refractivity contribution in [2.24, 2.45) is 0 Å². The third-order valence-electron chi connectivity index (χ3n) is 6.62. The van der Waals surface area contributed by atoms with Crippen LogP contribution in [0.15, 0.2) is 77.5 Å². The molecule has 1 atom stereocenters. The normalized spacial score (nSPS) is 19.3. The predicted molar refractivity (Wildman–Crippen MR) is 136 cm³/mol. The fraction of sp³-hybridized carbons (Fsp3) is 0.241. The first kappa shape index (κ1) is 23.5. The Hall–Kier alpha value is -4.28. The molecule has 3 aromatic rings. The molecule has 1 unspecified atom stereocenters. The molecule has 0 N–H and O–H groups in total. The fourth-order valence-corrected chi connectivity index (χ4v) is 4.58. The van der Waals surface area contributed by atoms with Crippen LogP contribution in [0.25, 0.3) is 23.0 Å². The number of nitriles is 1. The lowest BCUT2D eigenvalue weighted by Crippen LogP contribution is -2.46. The van der Waals surface area contributed by atoms with Crippen molar-refractivity contribution in [2.75, 3.05) is 13.2 Å². The van der Waals surface area contributed by atoms with Crippen LogP contribution in [0.1, 0.15) is 30.9 Å². The number of ether oxygens (including phenoxy) is 1. The highest BCUT2D eigenvalue weighted by atomic mass is 16.5. The van der Waals surface area contributed by atoms with Crippen LogP contribution in [-0.4, -0.2) is 45.8 Å². The SMILES string of the molecule is CC1=C(C#N)C(=O)N(CC2CCCO2)C(=O)C1=Cc1cn(-c2ccccc2)nc1-c1ccc(C)cc1. The van der Waals surface area contributed by atoms with Gasteiger partial charge in [-0.05, 0) is 50.5 Å². The van der Waals surface area contributed by atoms with Gasteiger partial charge in [0.25, 0.3) is 11.8 Å². The van der Waals surface area contributed by atoms with E-state index in [1.54, 1.807) is 17.7 Å². The van der Waals surface area contributed by atoms with E-state index in [1.165, 1.54) is 0 Å². The highest BCUT2D eigenvalue weighted by Gasteiger charge is 2.37. The fourth-order valence-electron chi connectivity index (χ4n) is 4.58. The smallest absolute Gasteiger partial charge is 0.271 e. The van der Waals surface area contributed by atoms with Gasteiger partial charge in [0.05, 0.1) is 24.0 Å². The number of aryl methyl sites for hydroxylation is 1. The van der Waals surface area contributed by atoms with E-state index in [4.69, 9.17) is 9.84 Å². The largest absolute Gasteiger partial charge is 0.376 e. The van der Waals surface area contributed by atoms with Crippen molar-refractivity contribution in [3.05, 3.63) is 88.6 Å². The summed E-state index contributed by atoms with van der Waals surface area (Å²) in [6.07, 6.45) is 5.07. The van der Waals surface area contributed by atoms with Crippen LogP contribution in [0.3, 0.4) is 0 Å². The number of carbonyl (C=O) groups excluding carboxylic acids is 2. The summed E-state index contributed by atoms with van der Waals surface area (Å²) in [5.74, 6) is -0.985. The molecule has 2 aliphatic heterocycles. The van der Waals surface area contributed by atoms with Crippen molar-refractivity contribution in [3.63, 3.8) is 0 Å². The van der Waals surface area contributed by atoms with Gasteiger partial charge in [0.1, 0.15) is 11.6 Å². The summed E-state index contributed by atoms with van der Waals surface area (Å²) in [5.41, 5.74) is 4.99. The number of hydrogen-bond donors (Lipinski definition) is 0. The van der Waals surface area contributed by atoms with Crippen LogP contribution in [-0.2, 0) is 14.3 Å². The molecule has 2 amide bonds. The number of para-hydroxylation sites is 1. The summed E-state index contributed by atoms with van der Waals surface area (Å²) in [6.45, 7) is 4.42. The molecule has 2 aromatic carbocycles. The van der Waals surface area contributed by atoms with Gasteiger partial charge < -0.3 is 4.74 Å². The highest BCUT2D eigenvalue weighted by Crippen LogP contribution is 2.32. The molecule has 1 saturated heterocycles. The van der Waals surface area contributed by atoms with E-state index in [1.807, 2.05) is 73.8 Å². The molecule has 0 bridgehead atoms. The molecule has 5 rings (SSSR count). The molecule has 2 aliphatic rings. The van der Waals surface area contributed by atoms with E-state index < -0.39 is 11.8 Å². The summed E-state index contributed by atoms with van der Waals surface area (Å²) in [4.78, 5) is 27.7. The highest BCUT2D eigenvalue weighted by molar-refractivity contribution is 6.19. The molecule has 1 aromatic heterocycles. The number of aromatic nitrogens is 2. The van der Waals surface area contributed by atoms with Gasteiger partial charge in [-0.25, -0.2) is 4.68 Å². The Labute approximate surface area is 209 Å². The molecule has 180 valence electrons. The first-order chi connectivity index (χ1) is 17.5. The van der Waals surface area contributed by atoms with Crippen LogP contribution in [0.2, 0.25) is 0 Å². The first-order valence-electron chi connectivity index (χ1n) is 12.0. The molecule has 0 spiro atoms. The molecule has 7 nitrogen and oxygen atoms in total. The third kappa shape index (κ3) is 4.39. The predicted octanol–water partition coefficient (Wildman–Crippen LogP) is 4.62. The molecular weight excluding hydrogens is 452 g/mol. The molecule has 0 aliphatic carbocycles. The Kier molecular flexibility index (Phi) is 6.36. The maximum absolute atomic E-state index is 13.6. The zero-order chi connectivity index (χ0) is 25.2.